The average molecular weight is 1250 g/mol. The number of aromatic nitrogens is 12. The van der Waals surface area contributed by atoms with Gasteiger partial charge in [0.25, 0.3) is 0 Å². The van der Waals surface area contributed by atoms with E-state index in [1.54, 1.807) is 0 Å². The summed E-state index contributed by atoms with van der Waals surface area (Å²) < 4.78 is 10.1. The van der Waals surface area contributed by atoms with Gasteiger partial charge in [-0.1, -0.05) is 91.6 Å². The molecule has 26 nitrogen and oxygen atoms in total. The number of carbonyl (C=O) groups excluding carboxylic acids is 2. The fourth-order valence-corrected chi connectivity index (χ4v) is 6.01. The Labute approximate surface area is 499 Å². The van der Waals surface area contributed by atoms with Gasteiger partial charge >= 0.3 is 12.2 Å². The largest absolute Gasteiger partial charge is 0.444 e. The van der Waals surface area contributed by atoms with Gasteiger partial charge in [-0.2, -0.15) is 59.8 Å². The van der Waals surface area contributed by atoms with Crippen molar-refractivity contribution in [2.45, 2.75) is 139 Å². The van der Waals surface area contributed by atoms with Crippen molar-refractivity contribution in [2.75, 3.05) is 118 Å². The molecule has 4 heterocycles. The third kappa shape index (κ3) is 48.8. The lowest BCUT2D eigenvalue weighted by molar-refractivity contribution is 0.0518. The Hall–Kier alpha value is -4.27. The molecule has 4 aromatic heterocycles. The van der Waals surface area contributed by atoms with E-state index in [1.807, 2.05) is 87.3 Å². The van der Waals surface area contributed by atoms with E-state index in [0.29, 0.717) is 89.6 Å². The first-order chi connectivity index (χ1) is 34.1. The number of carbonyl (C=O) groups is 2. The molecular formula is C45H97Cl3N22O4S4. The molecular weight excluding hydrogens is 1150 g/mol. The first-order valence-corrected chi connectivity index (χ1v) is 27.9. The van der Waals surface area contributed by atoms with Crippen LogP contribution in [0.2, 0.25) is 15.9 Å². The van der Waals surface area contributed by atoms with E-state index in [2.05, 4.69) is 103 Å². The Balaban J connectivity index is -0.000000131. The Morgan fingerprint density at radius 3 is 1.00 bits per heavy atom. The minimum Gasteiger partial charge on any atom is -0.444 e. The number of amides is 2. The minimum atomic E-state index is -0.500. The number of rotatable bonds is 19. The number of hydrogen-bond donors (Lipinski definition) is 10. The molecule has 0 aliphatic heterocycles. The van der Waals surface area contributed by atoms with Crippen LogP contribution in [0.3, 0.4) is 0 Å². The second-order valence-electron chi connectivity index (χ2n) is 14.6. The van der Waals surface area contributed by atoms with Crippen molar-refractivity contribution in [3.8, 4) is 0 Å². The molecule has 0 aliphatic rings. The molecule has 0 aromatic carbocycles. The van der Waals surface area contributed by atoms with Gasteiger partial charge in [-0.15, -0.1) is 0 Å². The van der Waals surface area contributed by atoms with Crippen LogP contribution in [-0.2, 0) is 9.47 Å². The number of alkyl carbamates (subject to hydrolysis) is 2. The molecule has 0 unspecified atom stereocenters. The number of nitrogens with zero attached hydrogens (tertiary/aromatic N) is 12. The summed E-state index contributed by atoms with van der Waals surface area (Å²) in [5.41, 5.74) is 14.1. The van der Waals surface area contributed by atoms with Crippen LogP contribution in [-0.4, -0.2) is 174 Å². The lowest BCUT2D eigenvalue weighted by atomic mass is 10.2. The van der Waals surface area contributed by atoms with Gasteiger partial charge in [0.15, 0.2) is 20.6 Å². The first kappa shape index (κ1) is 90.3. The molecule has 0 saturated heterocycles. The standard InChI is InChI=1S/C13H24N6O2S.C8H16N6S.C7H16N2O2.C6H9ClN4S.C4H3Cl2N3S.CH5N.6CH4/c1-6-14-9-17-10(19-11(18-9)22-5)15-7-8-16-12(20)21-13(2,3)4;1-3-10-6-12-7(11-5-4-9)14-8(13-6)15-2;1-7(2,3)11-6(10)9-5-4-8;1-3-8-5-9-4(7)10-6(11-5)12-2;1-10-4-8-2(5)7-3(6)9-4;1-2;;;;;;/h6-8H2,1-5H3,(H,16,20)(H2,14,15,17,18,19);3-5,9H2,1-2H3,(H2,10,11,12,13,14);4-5,8H2,1-3H3,(H,9,10);3H2,1-2H3,(H,8,9,10,11);1H3;2H2,1H3;6*1H4. The van der Waals surface area contributed by atoms with Crippen molar-refractivity contribution < 1.29 is 19.1 Å². The Morgan fingerprint density at radius 2 is 0.692 bits per heavy atom. The molecule has 4 aromatic rings. The fourth-order valence-electron chi connectivity index (χ4n) is 3.91. The van der Waals surface area contributed by atoms with Crippen LogP contribution in [0, 0.1) is 0 Å². The second kappa shape index (κ2) is 53.4. The lowest BCUT2D eigenvalue weighted by Gasteiger charge is -2.19. The highest BCUT2D eigenvalue weighted by Gasteiger charge is 2.16. The molecule has 0 aliphatic carbocycles. The lowest BCUT2D eigenvalue weighted by Crippen LogP contribution is -2.35. The molecule has 0 atom stereocenters. The van der Waals surface area contributed by atoms with Crippen LogP contribution in [0.5, 0.6) is 0 Å². The number of halogens is 3. The number of anilines is 5. The van der Waals surface area contributed by atoms with E-state index in [9.17, 15) is 9.59 Å². The summed E-state index contributed by atoms with van der Waals surface area (Å²) in [5, 5.41) is 23.3. The molecule has 33 heteroatoms. The third-order valence-corrected chi connectivity index (χ3v) is 9.13. The van der Waals surface area contributed by atoms with Gasteiger partial charge < -0.3 is 63.9 Å². The zero-order valence-electron chi connectivity index (χ0n) is 43.4. The molecule has 13 N–H and O–H groups in total. The summed E-state index contributed by atoms with van der Waals surface area (Å²) in [6, 6.07) is 0. The van der Waals surface area contributed by atoms with Gasteiger partial charge in [-0.25, -0.2) is 9.59 Å². The summed E-state index contributed by atoms with van der Waals surface area (Å²) in [7, 11) is 1.50. The topological polar surface area (TPSA) is 370 Å². The summed E-state index contributed by atoms with van der Waals surface area (Å²) in [4.78, 5) is 70.7. The monoisotopic (exact) mass is 1240 g/mol. The van der Waals surface area contributed by atoms with Crippen LogP contribution in [0.4, 0.5) is 39.3 Å². The number of hydrogen-bond acceptors (Lipinski definition) is 28. The van der Waals surface area contributed by atoms with Crippen molar-refractivity contribution in [3.63, 3.8) is 0 Å². The predicted octanol–water partition coefficient (Wildman–Crippen LogP) is 9.80. The molecule has 2 amide bonds. The molecule has 456 valence electrons. The molecule has 78 heavy (non-hydrogen) atoms. The Morgan fingerprint density at radius 1 is 0.423 bits per heavy atom. The van der Waals surface area contributed by atoms with Crippen molar-refractivity contribution in [1.29, 1.82) is 0 Å². The quantitative estimate of drug-likeness (QED) is 0.0308. The maximum Gasteiger partial charge on any atom is 0.407 e. The van der Waals surface area contributed by atoms with E-state index in [1.165, 1.54) is 54.1 Å². The Kier molecular flexibility index (Phi) is 61.8. The number of ether oxygens (including phenoxy) is 2. The van der Waals surface area contributed by atoms with Crippen molar-refractivity contribution in [3.05, 3.63) is 15.9 Å². The van der Waals surface area contributed by atoms with Crippen molar-refractivity contribution in [1.82, 2.24) is 70.4 Å². The van der Waals surface area contributed by atoms with Gasteiger partial charge in [-0.05, 0) is 129 Å². The van der Waals surface area contributed by atoms with Gasteiger partial charge in [0, 0.05) is 58.9 Å². The number of nitrogens with one attached hydrogen (secondary N) is 7. The van der Waals surface area contributed by atoms with Crippen LogP contribution in [0.15, 0.2) is 20.6 Å². The van der Waals surface area contributed by atoms with Gasteiger partial charge in [0.1, 0.15) is 11.2 Å². The predicted molar refractivity (Wildman–Crippen MR) is 338 cm³/mol. The number of nitrogens with two attached hydrogens (primary N) is 3. The van der Waals surface area contributed by atoms with Gasteiger partial charge in [0.2, 0.25) is 45.6 Å². The number of thioether (sulfide) groups is 4. The van der Waals surface area contributed by atoms with E-state index < -0.39 is 23.4 Å². The summed E-state index contributed by atoms with van der Waals surface area (Å²) in [5.74, 6) is 2.69. The smallest absolute Gasteiger partial charge is 0.407 e. The maximum atomic E-state index is 11.5. The van der Waals surface area contributed by atoms with Crippen LogP contribution in [0.1, 0.15) is 107 Å². The van der Waals surface area contributed by atoms with Gasteiger partial charge in [-0.3, -0.25) is 0 Å². The maximum absolute atomic E-state index is 11.5. The van der Waals surface area contributed by atoms with Crippen LogP contribution in [0.25, 0.3) is 0 Å². The molecule has 4 rings (SSSR count). The highest BCUT2D eigenvalue weighted by atomic mass is 35.5. The van der Waals surface area contributed by atoms with E-state index in [4.69, 9.17) is 55.7 Å². The fraction of sp³-hybridized carbons (Fsp3) is 0.689. The summed E-state index contributed by atoms with van der Waals surface area (Å²) in [6.07, 6.45) is 6.70. The molecule has 0 radical (unpaired) electrons. The van der Waals surface area contributed by atoms with E-state index >= 15 is 0 Å². The van der Waals surface area contributed by atoms with Crippen molar-refractivity contribution >= 4 is 124 Å². The Bertz CT molecular complexity index is 2090. The van der Waals surface area contributed by atoms with Crippen molar-refractivity contribution in [2.24, 2.45) is 17.2 Å². The zero-order chi connectivity index (χ0) is 55.1. The molecule has 0 saturated carbocycles. The first-order valence-electron chi connectivity index (χ1n) is 21.8. The normalized spacial score (nSPS) is 9.44. The minimum absolute atomic E-state index is 0. The summed E-state index contributed by atoms with van der Waals surface area (Å²) in [6.45, 7) is 22.1. The SMILES string of the molecule is C.C.C.C.C.C.CC(C)(C)OC(=O)NCCN.CCNc1nc(Cl)nc(SC)n1.CCNc1nc(NCCN)nc(SC)n1.CCNc1nc(NCCNC(=O)OC(C)(C)C)nc(SC)n1.CN.CSc1nc(Cl)nc(Cl)n1. The zero-order valence-corrected chi connectivity index (χ0v) is 48.9. The molecule has 0 spiro atoms. The van der Waals surface area contributed by atoms with Crippen LogP contribution < -0.4 is 54.4 Å². The van der Waals surface area contributed by atoms with Crippen LogP contribution >= 0.6 is 81.9 Å². The summed E-state index contributed by atoms with van der Waals surface area (Å²) >= 11 is 22.3. The molecule has 0 fully saturated rings. The van der Waals surface area contributed by atoms with E-state index in [-0.39, 0.29) is 60.4 Å². The van der Waals surface area contributed by atoms with E-state index in [0.717, 1.165) is 19.6 Å². The van der Waals surface area contributed by atoms with Gasteiger partial charge in [0.05, 0.1) is 0 Å². The average Bonchev–Trinajstić information content (AvgIpc) is 3.31. The second-order valence-corrected chi connectivity index (χ2v) is 18.7. The third-order valence-electron chi connectivity index (χ3n) is 6.43. The highest BCUT2D eigenvalue weighted by Crippen LogP contribution is 2.16. The highest BCUT2D eigenvalue weighted by molar-refractivity contribution is 7.99. The molecule has 0 bridgehead atoms.